The SMILES string of the molecule is CN1CC[C@H](C(=O)NCC(C)(C)C(=O)O)CC1=O. The maximum atomic E-state index is 11.8. The summed E-state index contributed by atoms with van der Waals surface area (Å²) in [5.41, 5.74) is -0.995. The number of rotatable bonds is 4. The predicted octanol–water partition coefficient (Wildman–Crippen LogP) is 0.0818. The Hall–Kier alpha value is -1.59. The van der Waals surface area contributed by atoms with Crippen molar-refractivity contribution >= 4 is 17.8 Å². The van der Waals surface area contributed by atoms with Gasteiger partial charge in [0.15, 0.2) is 0 Å². The van der Waals surface area contributed by atoms with Gasteiger partial charge in [-0.3, -0.25) is 14.4 Å². The summed E-state index contributed by atoms with van der Waals surface area (Å²) in [4.78, 5) is 35.8. The maximum Gasteiger partial charge on any atom is 0.310 e. The Morgan fingerprint density at radius 2 is 2.11 bits per heavy atom. The highest BCUT2D eigenvalue weighted by Crippen LogP contribution is 2.18. The molecule has 0 aromatic carbocycles. The Morgan fingerprint density at radius 1 is 1.50 bits per heavy atom. The van der Waals surface area contributed by atoms with Gasteiger partial charge in [-0.25, -0.2) is 0 Å². The van der Waals surface area contributed by atoms with Gasteiger partial charge in [0.25, 0.3) is 0 Å². The molecule has 2 amide bonds. The third-order valence-electron chi connectivity index (χ3n) is 3.31. The van der Waals surface area contributed by atoms with Gasteiger partial charge in [0.05, 0.1) is 5.41 Å². The van der Waals surface area contributed by atoms with Crippen molar-refractivity contribution in [2.45, 2.75) is 26.7 Å². The molecule has 18 heavy (non-hydrogen) atoms. The topological polar surface area (TPSA) is 86.7 Å². The minimum atomic E-state index is -0.995. The van der Waals surface area contributed by atoms with Crippen molar-refractivity contribution in [2.24, 2.45) is 11.3 Å². The van der Waals surface area contributed by atoms with E-state index in [0.29, 0.717) is 13.0 Å². The van der Waals surface area contributed by atoms with Gasteiger partial charge >= 0.3 is 5.97 Å². The van der Waals surface area contributed by atoms with E-state index in [-0.39, 0.29) is 30.7 Å². The molecule has 1 saturated heterocycles. The molecule has 0 aliphatic carbocycles. The number of carbonyl (C=O) groups is 3. The second-order valence-corrected chi connectivity index (χ2v) is 5.41. The van der Waals surface area contributed by atoms with Crippen LogP contribution in [0.2, 0.25) is 0 Å². The standard InChI is InChI=1S/C12H20N2O4/c1-12(2,11(17)18)7-13-10(16)8-4-5-14(3)9(15)6-8/h8H,4-7H2,1-3H3,(H,13,16)(H,17,18)/t8-/m0/s1. The van der Waals surface area contributed by atoms with E-state index in [0.717, 1.165) is 0 Å². The molecule has 0 radical (unpaired) electrons. The highest BCUT2D eigenvalue weighted by atomic mass is 16.4. The number of hydrogen-bond acceptors (Lipinski definition) is 3. The van der Waals surface area contributed by atoms with Gasteiger partial charge in [-0.2, -0.15) is 0 Å². The van der Waals surface area contributed by atoms with Crippen molar-refractivity contribution in [1.29, 1.82) is 0 Å². The van der Waals surface area contributed by atoms with Gasteiger partial charge < -0.3 is 15.3 Å². The van der Waals surface area contributed by atoms with Crippen LogP contribution in [-0.4, -0.2) is 47.9 Å². The Labute approximate surface area is 106 Å². The molecule has 1 fully saturated rings. The van der Waals surface area contributed by atoms with Crippen LogP contribution < -0.4 is 5.32 Å². The average molecular weight is 256 g/mol. The number of piperidine rings is 1. The van der Waals surface area contributed by atoms with E-state index in [2.05, 4.69) is 5.32 Å². The first-order valence-corrected chi connectivity index (χ1v) is 5.99. The van der Waals surface area contributed by atoms with Crippen molar-refractivity contribution < 1.29 is 19.5 Å². The van der Waals surface area contributed by atoms with E-state index < -0.39 is 11.4 Å². The molecule has 102 valence electrons. The fourth-order valence-electron chi connectivity index (χ4n) is 1.69. The lowest BCUT2D eigenvalue weighted by Crippen LogP contribution is -2.45. The Bertz CT molecular complexity index is 365. The van der Waals surface area contributed by atoms with Crippen LogP contribution in [0.25, 0.3) is 0 Å². The van der Waals surface area contributed by atoms with Crippen molar-refractivity contribution in [3.05, 3.63) is 0 Å². The Kier molecular flexibility index (Phi) is 4.32. The molecule has 1 aliphatic rings. The third kappa shape index (κ3) is 3.45. The molecule has 0 unspecified atom stereocenters. The molecule has 0 spiro atoms. The van der Waals surface area contributed by atoms with Crippen LogP contribution in [0.4, 0.5) is 0 Å². The number of carboxylic acids is 1. The summed E-state index contributed by atoms with van der Waals surface area (Å²) >= 11 is 0. The number of amides is 2. The van der Waals surface area contributed by atoms with Crippen LogP contribution in [0.1, 0.15) is 26.7 Å². The lowest BCUT2D eigenvalue weighted by Gasteiger charge is -2.29. The lowest BCUT2D eigenvalue weighted by atomic mass is 9.92. The number of aliphatic carboxylic acids is 1. The summed E-state index contributed by atoms with van der Waals surface area (Å²) in [6.07, 6.45) is 0.831. The fourth-order valence-corrected chi connectivity index (χ4v) is 1.69. The fraction of sp³-hybridized carbons (Fsp3) is 0.750. The summed E-state index contributed by atoms with van der Waals surface area (Å²) in [5.74, 6) is -1.56. The second kappa shape index (κ2) is 5.37. The molecular weight excluding hydrogens is 236 g/mol. The normalized spacial score (nSPS) is 20.7. The van der Waals surface area contributed by atoms with Crippen LogP contribution >= 0.6 is 0 Å². The van der Waals surface area contributed by atoms with Crippen LogP contribution in [0.5, 0.6) is 0 Å². The quantitative estimate of drug-likeness (QED) is 0.746. The molecule has 1 rings (SSSR count). The summed E-state index contributed by atoms with van der Waals surface area (Å²) in [7, 11) is 1.71. The highest BCUT2D eigenvalue weighted by molar-refractivity contribution is 5.87. The van der Waals surface area contributed by atoms with Crippen LogP contribution in [0, 0.1) is 11.3 Å². The van der Waals surface area contributed by atoms with Crippen LogP contribution in [-0.2, 0) is 14.4 Å². The molecule has 1 heterocycles. The molecule has 0 saturated carbocycles. The zero-order valence-electron chi connectivity index (χ0n) is 11.0. The summed E-state index contributed by atoms with van der Waals surface area (Å²) in [6.45, 7) is 3.74. The second-order valence-electron chi connectivity index (χ2n) is 5.41. The number of likely N-dealkylation sites (tertiary alicyclic amines) is 1. The van der Waals surface area contributed by atoms with E-state index in [1.807, 2.05) is 0 Å². The molecule has 2 N–H and O–H groups in total. The van der Waals surface area contributed by atoms with E-state index in [1.165, 1.54) is 0 Å². The first kappa shape index (κ1) is 14.5. The maximum absolute atomic E-state index is 11.8. The van der Waals surface area contributed by atoms with E-state index in [4.69, 9.17) is 5.11 Å². The van der Waals surface area contributed by atoms with Gasteiger partial charge in [0, 0.05) is 32.5 Å². The van der Waals surface area contributed by atoms with Crippen molar-refractivity contribution in [1.82, 2.24) is 10.2 Å². The van der Waals surface area contributed by atoms with Gasteiger partial charge in [0.1, 0.15) is 0 Å². The van der Waals surface area contributed by atoms with E-state index in [9.17, 15) is 14.4 Å². The predicted molar refractivity (Wildman–Crippen MR) is 64.8 cm³/mol. The molecule has 0 aromatic rings. The minimum absolute atomic E-state index is 0.0427. The number of carbonyl (C=O) groups excluding carboxylic acids is 2. The first-order valence-electron chi connectivity index (χ1n) is 5.99. The van der Waals surface area contributed by atoms with E-state index >= 15 is 0 Å². The molecule has 0 bridgehead atoms. The highest BCUT2D eigenvalue weighted by Gasteiger charge is 2.31. The zero-order valence-corrected chi connectivity index (χ0v) is 11.0. The van der Waals surface area contributed by atoms with Crippen molar-refractivity contribution in [3.63, 3.8) is 0 Å². The van der Waals surface area contributed by atoms with Gasteiger partial charge in [-0.15, -0.1) is 0 Å². The van der Waals surface area contributed by atoms with Crippen LogP contribution in [0.15, 0.2) is 0 Å². The third-order valence-corrected chi connectivity index (χ3v) is 3.31. The smallest absolute Gasteiger partial charge is 0.310 e. The summed E-state index contributed by atoms with van der Waals surface area (Å²) < 4.78 is 0. The largest absolute Gasteiger partial charge is 0.481 e. The first-order chi connectivity index (χ1) is 8.24. The lowest BCUT2D eigenvalue weighted by molar-refractivity contribution is -0.147. The average Bonchev–Trinajstić information content (AvgIpc) is 2.29. The number of hydrogen-bond donors (Lipinski definition) is 2. The van der Waals surface area contributed by atoms with Crippen LogP contribution in [0.3, 0.4) is 0 Å². The summed E-state index contributed by atoms with van der Waals surface area (Å²) in [6, 6.07) is 0. The van der Waals surface area contributed by atoms with Crippen molar-refractivity contribution in [2.75, 3.05) is 20.1 Å². The molecule has 6 nitrogen and oxygen atoms in total. The number of nitrogens with one attached hydrogen (secondary N) is 1. The number of carboxylic acid groups (broad SMARTS) is 1. The van der Waals surface area contributed by atoms with Crippen molar-refractivity contribution in [3.8, 4) is 0 Å². The Morgan fingerprint density at radius 3 is 2.61 bits per heavy atom. The molecule has 1 atom stereocenters. The summed E-state index contributed by atoms with van der Waals surface area (Å²) in [5, 5.41) is 11.5. The Balaban J connectivity index is 2.47. The molecular formula is C12H20N2O4. The van der Waals surface area contributed by atoms with Gasteiger partial charge in [0.2, 0.25) is 11.8 Å². The molecule has 0 aromatic heterocycles. The number of nitrogens with zero attached hydrogens (tertiary/aromatic N) is 1. The molecule has 6 heteroatoms. The zero-order chi connectivity index (χ0) is 13.9. The molecule has 1 aliphatic heterocycles. The minimum Gasteiger partial charge on any atom is -0.481 e. The monoisotopic (exact) mass is 256 g/mol. The van der Waals surface area contributed by atoms with E-state index in [1.54, 1.807) is 25.8 Å². The van der Waals surface area contributed by atoms with Gasteiger partial charge in [-0.1, -0.05) is 0 Å². The van der Waals surface area contributed by atoms with Gasteiger partial charge in [-0.05, 0) is 20.3 Å².